The summed E-state index contributed by atoms with van der Waals surface area (Å²) in [6.07, 6.45) is 10.5. The fourth-order valence-corrected chi connectivity index (χ4v) is 1.11. The van der Waals surface area contributed by atoms with Crippen molar-refractivity contribution in [1.29, 1.82) is 0 Å². The molecule has 0 aliphatic rings. The van der Waals surface area contributed by atoms with E-state index in [1.807, 2.05) is 6.08 Å². The maximum Gasteiger partial charge on any atom is -0.0326 e. The second-order valence-electron chi connectivity index (χ2n) is 3.02. The third-order valence-corrected chi connectivity index (χ3v) is 1.75. The molecule has 0 aliphatic heterocycles. The van der Waals surface area contributed by atoms with Gasteiger partial charge >= 0.3 is 0 Å². The Bertz CT molecular complexity index is 120. The van der Waals surface area contributed by atoms with Crippen molar-refractivity contribution in [1.82, 2.24) is 0 Å². The van der Waals surface area contributed by atoms with E-state index in [9.17, 15) is 0 Å². The lowest BCUT2D eigenvalue weighted by Crippen LogP contribution is -1.76. The first-order chi connectivity index (χ1) is 5.31. The lowest BCUT2D eigenvalue weighted by Gasteiger charge is -1.96. The summed E-state index contributed by atoms with van der Waals surface area (Å²) in [5.74, 6) is 0. The zero-order valence-electron chi connectivity index (χ0n) is 7.90. The van der Waals surface area contributed by atoms with Crippen molar-refractivity contribution in [3.63, 3.8) is 0 Å². The molecule has 0 saturated heterocycles. The van der Waals surface area contributed by atoms with Crippen molar-refractivity contribution < 1.29 is 0 Å². The molecule has 0 fully saturated rings. The fraction of sp³-hybridized carbons (Fsp3) is 0.636. The quantitative estimate of drug-likeness (QED) is 0.397. The van der Waals surface area contributed by atoms with E-state index < -0.39 is 0 Å². The van der Waals surface area contributed by atoms with Gasteiger partial charge in [-0.05, 0) is 32.6 Å². The molecule has 0 nitrogen and oxygen atoms in total. The van der Waals surface area contributed by atoms with Gasteiger partial charge in [0.1, 0.15) is 0 Å². The first-order valence-electron chi connectivity index (χ1n) is 4.57. The highest BCUT2D eigenvalue weighted by atomic mass is 13.9. The summed E-state index contributed by atoms with van der Waals surface area (Å²) in [5.41, 5.74) is 1.54. The first kappa shape index (κ1) is 10.5. The zero-order valence-corrected chi connectivity index (χ0v) is 7.90. The minimum atomic E-state index is 1.15. The molecule has 0 aromatic rings. The van der Waals surface area contributed by atoms with E-state index in [1.54, 1.807) is 0 Å². The van der Waals surface area contributed by atoms with Gasteiger partial charge in [0.25, 0.3) is 0 Å². The normalized spacial score (nSPS) is 11.6. The summed E-state index contributed by atoms with van der Waals surface area (Å²) >= 11 is 0. The van der Waals surface area contributed by atoms with Gasteiger partial charge in [-0.25, -0.2) is 0 Å². The van der Waals surface area contributed by atoms with Crippen LogP contribution in [0.25, 0.3) is 0 Å². The summed E-state index contributed by atoms with van der Waals surface area (Å²) in [6, 6.07) is 0. The van der Waals surface area contributed by atoms with Gasteiger partial charge in [-0.1, -0.05) is 31.1 Å². The molecule has 0 unspecified atom stereocenters. The number of hydrogen-bond acceptors (Lipinski definition) is 0. The van der Waals surface area contributed by atoms with Gasteiger partial charge in [-0.3, -0.25) is 0 Å². The molecule has 0 aromatic heterocycles. The molecule has 0 radical (unpaired) electrons. The molecule has 0 aromatic carbocycles. The molecule has 64 valence electrons. The van der Waals surface area contributed by atoms with Crippen molar-refractivity contribution in [2.45, 2.75) is 46.0 Å². The second kappa shape index (κ2) is 7.59. The van der Waals surface area contributed by atoms with E-state index in [4.69, 9.17) is 0 Å². The number of unbranched alkanes of at least 4 members (excludes halogenated alkanes) is 2. The van der Waals surface area contributed by atoms with E-state index >= 15 is 0 Å². The van der Waals surface area contributed by atoms with Crippen molar-refractivity contribution >= 4 is 0 Å². The van der Waals surface area contributed by atoms with Crippen LogP contribution in [0, 0.1) is 0 Å². The molecule has 11 heavy (non-hydrogen) atoms. The SMILES string of the molecule is C=CCCC/C=C(\C)CCC. The molecule has 0 saturated carbocycles. The second-order valence-corrected chi connectivity index (χ2v) is 3.02. The van der Waals surface area contributed by atoms with Gasteiger partial charge < -0.3 is 0 Å². The largest absolute Gasteiger partial charge is 0.103 e. The highest BCUT2D eigenvalue weighted by molar-refractivity contribution is 4.97. The maximum atomic E-state index is 3.69. The van der Waals surface area contributed by atoms with Crippen LogP contribution in [0.4, 0.5) is 0 Å². The molecule has 0 atom stereocenters. The van der Waals surface area contributed by atoms with Gasteiger partial charge in [0.2, 0.25) is 0 Å². The number of allylic oxidation sites excluding steroid dienone is 3. The third-order valence-electron chi connectivity index (χ3n) is 1.75. The summed E-state index contributed by atoms with van der Waals surface area (Å²) in [5, 5.41) is 0. The maximum absolute atomic E-state index is 3.69. The van der Waals surface area contributed by atoms with Gasteiger partial charge in [0.05, 0.1) is 0 Å². The number of rotatable bonds is 6. The third kappa shape index (κ3) is 7.38. The van der Waals surface area contributed by atoms with Crippen LogP contribution in [-0.4, -0.2) is 0 Å². The van der Waals surface area contributed by atoms with E-state index in [-0.39, 0.29) is 0 Å². The van der Waals surface area contributed by atoms with Crippen molar-refractivity contribution in [2.24, 2.45) is 0 Å². The Labute approximate surface area is 71.0 Å². The summed E-state index contributed by atoms with van der Waals surface area (Å²) in [4.78, 5) is 0. The molecular weight excluding hydrogens is 132 g/mol. The molecule has 0 heterocycles. The average molecular weight is 152 g/mol. The lowest BCUT2D eigenvalue weighted by atomic mass is 10.1. The van der Waals surface area contributed by atoms with Crippen LogP contribution >= 0.6 is 0 Å². The van der Waals surface area contributed by atoms with Gasteiger partial charge in [0, 0.05) is 0 Å². The Kier molecular flexibility index (Phi) is 7.23. The van der Waals surface area contributed by atoms with Crippen LogP contribution < -0.4 is 0 Å². The Morgan fingerprint density at radius 3 is 2.64 bits per heavy atom. The topological polar surface area (TPSA) is 0 Å². The Hall–Kier alpha value is -0.520. The molecule has 0 amide bonds. The van der Waals surface area contributed by atoms with Crippen molar-refractivity contribution in [3.05, 3.63) is 24.3 Å². The van der Waals surface area contributed by atoms with Crippen molar-refractivity contribution in [3.8, 4) is 0 Å². The molecule has 0 N–H and O–H groups in total. The monoisotopic (exact) mass is 152 g/mol. The zero-order chi connectivity index (χ0) is 8.53. The van der Waals surface area contributed by atoms with E-state index in [0.717, 1.165) is 6.42 Å². The van der Waals surface area contributed by atoms with Gasteiger partial charge in [-0.15, -0.1) is 6.58 Å². The van der Waals surface area contributed by atoms with Crippen molar-refractivity contribution in [2.75, 3.05) is 0 Å². The number of hydrogen-bond donors (Lipinski definition) is 0. The van der Waals surface area contributed by atoms with E-state index in [0.29, 0.717) is 0 Å². The summed E-state index contributed by atoms with van der Waals surface area (Å²) in [6.45, 7) is 8.14. The van der Waals surface area contributed by atoms with Crippen LogP contribution in [0.2, 0.25) is 0 Å². The molecule has 0 rings (SSSR count). The lowest BCUT2D eigenvalue weighted by molar-refractivity contribution is 0.841. The van der Waals surface area contributed by atoms with Crippen LogP contribution in [0.3, 0.4) is 0 Å². The van der Waals surface area contributed by atoms with E-state index in [1.165, 1.54) is 31.3 Å². The Morgan fingerprint density at radius 1 is 1.36 bits per heavy atom. The van der Waals surface area contributed by atoms with Gasteiger partial charge in [-0.2, -0.15) is 0 Å². The molecule has 0 bridgehead atoms. The predicted molar refractivity (Wildman–Crippen MR) is 52.7 cm³/mol. The minimum Gasteiger partial charge on any atom is -0.103 e. The fourth-order valence-electron chi connectivity index (χ4n) is 1.11. The minimum absolute atomic E-state index is 1.15. The summed E-state index contributed by atoms with van der Waals surface area (Å²) in [7, 11) is 0. The standard InChI is InChI=1S/C11H20/c1-4-6-7-8-10-11(3)9-5-2/h4,10H,1,5-9H2,2-3H3/b11-10+. The molecular formula is C11H20. The summed E-state index contributed by atoms with van der Waals surface area (Å²) < 4.78 is 0. The van der Waals surface area contributed by atoms with Crippen LogP contribution in [-0.2, 0) is 0 Å². The average Bonchev–Trinajstić information content (AvgIpc) is 1.99. The van der Waals surface area contributed by atoms with Gasteiger partial charge in [0.15, 0.2) is 0 Å². The highest BCUT2D eigenvalue weighted by Crippen LogP contribution is 2.06. The molecule has 0 heteroatoms. The Balaban J connectivity index is 3.31. The predicted octanol–water partition coefficient (Wildman–Crippen LogP) is 4.09. The molecule has 0 aliphatic carbocycles. The Morgan fingerprint density at radius 2 is 2.09 bits per heavy atom. The van der Waals surface area contributed by atoms with Crippen LogP contribution in [0.5, 0.6) is 0 Å². The van der Waals surface area contributed by atoms with Crippen LogP contribution in [0.1, 0.15) is 46.0 Å². The first-order valence-corrected chi connectivity index (χ1v) is 4.57. The highest BCUT2D eigenvalue weighted by Gasteiger charge is 1.86. The smallest absolute Gasteiger partial charge is 0.0326 e. The molecule has 0 spiro atoms. The van der Waals surface area contributed by atoms with Crippen LogP contribution in [0.15, 0.2) is 24.3 Å². The van der Waals surface area contributed by atoms with E-state index in [2.05, 4.69) is 26.5 Å².